The van der Waals surface area contributed by atoms with Crippen LogP contribution < -0.4 is 15.5 Å². The molecular formula is C29H40N6O4. The van der Waals surface area contributed by atoms with Crippen molar-refractivity contribution < 1.29 is 19.1 Å². The number of ether oxygens (including phenoxy) is 2. The molecule has 2 N–H and O–H groups in total. The van der Waals surface area contributed by atoms with Crippen LogP contribution in [0.4, 0.5) is 21.1 Å². The highest BCUT2D eigenvalue weighted by atomic mass is 16.6. The first kappa shape index (κ1) is 28.4. The minimum atomic E-state index is -0.606. The van der Waals surface area contributed by atoms with Gasteiger partial charge in [-0.05, 0) is 71.7 Å². The molecular weight excluding hydrogens is 496 g/mol. The molecule has 0 aliphatic carbocycles. The van der Waals surface area contributed by atoms with Crippen molar-refractivity contribution in [2.45, 2.75) is 65.1 Å². The van der Waals surface area contributed by atoms with Crippen molar-refractivity contribution >= 4 is 23.6 Å². The molecule has 3 amide bonds. The van der Waals surface area contributed by atoms with Crippen molar-refractivity contribution in [2.24, 2.45) is 0 Å². The van der Waals surface area contributed by atoms with Gasteiger partial charge in [0.25, 0.3) is 0 Å². The third kappa shape index (κ3) is 6.68. The number of carbonyl (C=O) groups is 2. The van der Waals surface area contributed by atoms with E-state index in [-0.39, 0.29) is 24.2 Å². The maximum atomic E-state index is 13.2. The van der Waals surface area contributed by atoms with Crippen LogP contribution in [0.15, 0.2) is 36.9 Å². The lowest BCUT2D eigenvalue weighted by Crippen LogP contribution is -2.47. The van der Waals surface area contributed by atoms with Crippen LogP contribution in [0.2, 0.25) is 0 Å². The number of hydrogen-bond acceptors (Lipinski definition) is 7. The van der Waals surface area contributed by atoms with E-state index >= 15 is 0 Å². The highest BCUT2D eigenvalue weighted by Gasteiger charge is 2.37. The molecule has 10 heteroatoms. The minimum absolute atomic E-state index is 0.149. The number of aromatic nitrogens is 2. The topological polar surface area (TPSA) is 109 Å². The molecule has 1 saturated heterocycles. The van der Waals surface area contributed by atoms with Crippen LogP contribution in [0.25, 0.3) is 11.4 Å². The molecule has 0 bridgehead atoms. The van der Waals surface area contributed by atoms with E-state index in [0.717, 1.165) is 29.2 Å². The van der Waals surface area contributed by atoms with Crippen LogP contribution in [0.3, 0.4) is 0 Å². The van der Waals surface area contributed by atoms with Gasteiger partial charge in [0, 0.05) is 36.4 Å². The molecule has 0 radical (unpaired) electrons. The average Bonchev–Trinajstić information content (AvgIpc) is 2.88. The maximum Gasteiger partial charge on any atom is 0.410 e. The molecule has 10 nitrogen and oxygen atoms in total. The van der Waals surface area contributed by atoms with Crippen molar-refractivity contribution in [1.29, 1.82) is 0 Å². The number of amides is 3. The fourth-order valence-electron chi connectivity index (χ4n) is 4.92. The van der Waals surface area contributed by atoms with Crippen LogP contribution >= 0.6 is 0 Å². The van der Waals surface area contributed by atoms with Gasteiger partial charge in [-0.15, -0.1) is 6.58 Å². The quantitative estimate of drug-likeness (QED) is 0.505. The molecule has 2 unspecified atom stereocenters. The highest BCUT2D eigenvalue weighted by molar-refractivity contribution is 5.89. The van der Waals surface area contributed by atoms with Gasteiger partial charge in [-0.25, -0.2) is 19.6 Å². The van der Waals surface area contributed by atoms with Crippen LogP contribution in [-0.2, 0) is 15.9 Å². The van der Waals surface area contributed by atoms with Crippen molar-refractivity contribution in [3.63, 3.8) is 0 Å². The lowest BCUT2D eigenvalue weighted by Gasteiger charge is -2.40. The van der Waals surface area contributed by atoms with Gasteiger partial charge in [0.05, 0.1) is 31.0 Å². The number of anilines is 2. The Hall–Kier alpha value is -3.66. The van der Waals surface area contributed by atoms with Gasteiger partial charge in [-0.2, -0.15) is 0 Å². The molecule has 39 heavy (non-hydrogen) atoms. The Balaban J connectivity index is 1.77. The highest BCUT2D eigenvalue weighted by Crippen LogP contribution is 2.38. The second kappa shape index (κ2) is 12.0. The largest absolute Gasteiger partial charge is 0.444 e. The zero-order chi connectivity index (χ0) is 28.2. The first-order valence-electron chi connectivity index (χ1n) is 13.6. The predicted octanol–water partition coefficient (Wildman–Crippen LogP) is 4.92. The SMILES string of the molecule is C=CCC1c2nc(-c3ccc(NC(=O)NCC)cc3)nc(N3CCOCC3C)c2CCN1C(=O)OC(C)(C)C. The summed E-state index contributed by atoms with van der Waals surface area (Å²) in [4.78, 5) is 39.3. The molecule has 2 aliphatic heterocycles. The van der Waals surface area contributed by atoms with E-state index in [1.54, 1.807) is 4.90 Å². The van der Waals surface area contributed by atoms with Gasteiger partial charge in [-0.3, -0.25) is 4.90 Å². The molecule has 2 aliphatic rings. The molecule has 1 aromatic carbocycles. The number of nitrogens with one attached hydrogen (secondary N) is 2. The number of carbonyl (C=O) groups excluding carboxylic acids is 2. The number of hydrogen-bond donors (Lipinski definition) is 2. The summed E-state index contributed by atoms with van der Waals surface area (Å²) >= 11 is 0. The van der Waals surface area contributed by atoms with Gasteiger partial charge in [-0.1, -0.05) is 6.08 Å². The first-order valence-corrected chi connectivity index (χ1v) is 13.6. The summed E-state index contributed by atoms with van der Waals surface area (Å²) in [7, 11) is 0. The van der Waals surface area contributed by atoms with E-state index in [1.807, 2.05) is 58.0 Å². The second-order valence-electron chi connectivity index (χ2n) is 10.9. The summed E-state index contributed by atoms with van der Waals surface area (Å²) in [6.45, 7) is 16.6. The van der Waals surface area contributed by atoms with E-state index in [9.17, 15) is 9.59 Å². The number of urea groups is 1. The fourth-order valence-corrected chi connectivity index (χ4v) is 4.92. The first-order chi connectivity index (χ1) is 18.6. The molecule has 2 atom stereocenters. The van der Waals surface area contributed by atoms with E-state index in [4.69, 9.17) is 19.4 Å². The van der Waals surface area contributed by atoms with E-state index in [0.29, 0.717) is 50.7 Å². The molecule has 3 heterocycles. The zero-order valence-corrected chi connectivity index (χ0v) is 23.6. The van der Waals surface area contributed by atoms with E-state index in [2.05, 4.69) is 29.0 Å². The number of benzene rings is 1. The van der Waals surface area contributed by atoms with E-state index < -0.39 is 5.60 Å². The standard InChI is InChI=1S/C29H40N6O4/c1-7-9-23-24-22(14-15-35(23)28(37)39-29(4,5)6)26(34-16-17-38-18-19(34)3)33-25(32-24)20-10-12-21(13-11-20)31-27(36)30-8-2/h7,10-13,19,23H,1,8-9,14-18H2,2-6H3,(H2,30,31,36). The fraction of sp³-hybridized carbons (Fsp3) is 0.517. The summed E-state index contributed by atoms with van der Waals surface area (Å²) in [6.07, 6.45) is 2.62. The normalized spacial score (nSPS) is 19.2. The molecule has 1 aromatic heterocycles. The number of rotatable bonds is 6. The van der Waals surface area contributed by atoms with Crippen molar-refractivity contribution in [1.82, 2.24) is 20.2 Å². The molecule has 1 fully saturated rings. The Bertz CT molecular complexity index is 1190. The summed E-state index contributed by atoms with van der Waals surface area (Å²) in [5, 5.41) is 5.54. The third-order valence-corrected chi connectivity index (χ3v) is 6.71. The van der Waals surface area contributed by atoms with Gasteiger partial charge < -0.3 is 25.0 Å². The Labute approximate surface area is 230 Å². The lowest BCUT2D eigenvalue weighted by molar-refractivity contribution is 0.0138. The summed E-state index contributed by atoms with van der Waals surface area (Å²) in [5.74, 6) is 1.44. The van der Waals surface area contributed by atoms with Gasteiger partial charge >= 0.3 is 12.1 Å². The van der Waals surface area contributed by atoms with Crippen LogP contribution in [0.5, 0.6) is 0 Å². The Kier molecular flexibility index (Phi) is 8.74. The molecule has 4 rings (SSSR count). The van der Waals surface area contributed by atoms with Gasteiger partial charge in [0.15, 0.2) is 5.82 Å². The second-order valence-corrected chi connectivity index (χ2v) is 10.9. The number of nitrogens with zero attached hydrogens (tertiary/aromatic N) is 4. The lowest BCUT2D eigenvalue weighted by atomic mass is 9.94. The van der Waals surface area contributed by atoms with Gasteiger partial charge in [0.2, 0.25) is 0 Å². The van der Waals surface area contributed by atoms with Crippen LogP contribution in [-0.4, -0.2) is 71.5 Å². The Morgan fingerprint density at radius 3 is 2.59 bits per heavy atom. The number of fused-ring (bicyclic) bond motifs is 1. The predicted molar refractivity (Wildman–Crippen MR) is 152 cm³/mol. The summed E-state index contributed by atoms with van der Waals surface area (Å²) in [6, 6.07) is 7.03. The number of morpholine rings is 1. The van der Waals surface area contributed by atoms with Crippen molar-refractivity contribution in [2.75, 3.05) is 43.1 Å². The Morgan fingerprint density at radius 2 is 1.95 bits per heavy atom. The van der Waals surface area contributed by atoms with Crippen LogP contribution in [0.1, 0.15) is 58.3 Å². The summed E-state index contributed by atoms with van der Waals surface area (Å²) in [5.41, 5.74) is 2.74. The molecule has 2 aromatic rings. The average molecular weight is 537 g/mol. The third-order valence-electron chi connectivity index (χ3n) is 6.71. The molecule has 210 valence electrons. The van der Waals surface area contributed by atoms with Crippen LogP contribution in [0, 0.1) is 0 Å². The molecule has 0 saturated carbocycles. The van der Waals surface area contributed by atoms with E-state index in [1.165, 1.54) is 0 Å². The minimum Gasteiger partial charge on any atom is -0.444 e. The molecule has 0 spiro atoms. The van der Waals surface area contributed by atoms with Crippen molar-refractivity contribution in [3.8, 4) is 11.4 Å². The smallest absolute Gasteiger partial charge is 0.410 e. The zero-order valence-electron chi connectivity index (χ0n) is 23.6. The summed E-state index contributed by atoms with van der Waals surface area (Å²) < 4.78 is 11.5. The van der Waals surface area contributed by atoms with Crippen molar-refractivity contribution in [3.05, 3.63) is 48.2 Å². The van der Waals surface area contributed by atoms with Gasteiger partial charge in [0.1, 0.15) is 11.4 Å². The Morgan fingerprint density at radius 1 is 1.21 bits per heavy atom. The monoisotopic (exact) mass is 536 g/mol. The maximum absolute atomic E-state index is 13.2.